The van der Waals surface area contributed by atoms with Crippen LogP contribution in [0.5, 0.6) is 0 Å². The lowest BCUT2D eigenvalue weighted by molar-refractivity contribution is -0.199. The smallest absolute Gasteiger partial charge is 0.338 e. The molecule has 0 spiro atoms. The van der Waals surface area contributed by atoms with Gasteiger partial charge in [-0.15, -0.1) is 5.06 Å². The molecule has 0 unspecified atom stereocenters. The molecule has 2 rings (SSSR count). The lowest BCUT2D eigenvalue weighted by atomic mass is 10.4. The highest BCUT2D eigenvalue weighted by atomic mass is 16.7. The molecule has 94 valence electrons. The maximum absolute atomic E-state index is 11.6. The molecule has 2 fully saturated rings. The molecule has 1 heterocycles. The predicted molar refractivity (Wildman–Crippen MR) is 55.3 cm³/mol. The normalized spacial score (nSPS) is 27.5. The summed E-state index contributed by atoms with van der Waals surface area (Å²) in [6.45, 7) is 2.59. The topological polar surface area (TPSA) is 72.9 Å². The molecule has 1 saturated carbocycles. The summed E-state index contributed by atoms with van der Waals surface area (Å²) in [6, 6.07) is 0. The zero-order chi connectivity index (χ0) is 12.4. The van der Waals surface area contributed by atoms with Crippen molar-refractivity contribution in [3.8, 4) is 0 Å². The number of carbonyl (C=O) groups is 3. The molecule has 2 amide bonds. The number of nitrogens with zero attached hydrogens (tertiary/aromatic N) is 1. The van der Waals surface area contributed by atoms with Gasteiger partial charge in [0, 0.05) is 19.4 Å². The molecular weight excluding hydrogens is 226 g/mol. The van der Waals surface area contributed by atoms with Crippen LogP contribution in [-0.4, -0.2) is 35.6 Å². The van der Waals surface area contributed by atoms with E-state index >= 15 is 0 Å². The molecule has 0 radical (unpaired) electrons. The number of amides is 2. The summed E-state index contributed by atoms with van der Waals surface area (Å²) in [5, 5.41) is 0.581. The zero-order valence-corrected chi connectivity index (χ0v) is 9.68. The second-order valence-corrected chi connectivity index (χ2v) is 4.24. The third-order valence-electron chi connectivity index (χ3n) is 2.76. The molecule has 1 saturated heterocycles. The molecule has 17 heavy (non-hydrogen) atoms. The van der Waals surface area contributed by atoms with Gasteiger partial charge in [-0.2, -0.15) is 0 Å². The standard InChI is InChI=1S/C11H15NO5/c1-2-5-16-8-6-7(8)11(15)17-12-9(13)3-4-10(12)14/h7-8H,2-6H2,1H3/t7-,8-/m1/s1. The van der Waals surface area contributed by atoms with E-state index in [1.165, 1.54) is 0 Å². The molecule has 0 aromatic rings. The van der Waals surface area contributed by atoms with Gasteiger partial charge in [-0.3, -0.25) is 9.59 Å². The van der Waals surface area contributed by atoms with Crippen LogP contribution in [0.2, 0.25) is 0 Å². The summed E-state index contributed by atoms with van der Waals surface area (Å²) >= 11 is 0. The van der Waals surface area contributed by atoms with Crippen LogP contribution in [-0.2, 0) is 24.0 Å². The highest BCUT2D eigenvalue weighted by Gasteiger charge is 2.47. The van der Waals surface area contributed by atoms with Crippen molar-refractivity contribution in [2.75, 3.05) is 6.61 Å². The fourth-order valence-electron chi connectivity index (χ4n) is 1.69. The van der Waals surface area contributed by atoms with Gasteiger partial charge in [-0.05, 0) is 12.8 Å². The minimum atomic E-state index is -0.547. The third-order valence-corrected chi connectivity index (χ3v) is 2.76. The molecule has 1 aliphatic carbocycles. The van der Waals surface area contributed by atoms with Gasteiger partial charge in [0.2, 0.25) is 0 Å². The molecule has 6 nitrogen and oxygen atoms in total. The largest absolute Gasteiger partial charge is 0.377 e. The quantitative estimate of drug-likeness (QED) is 0.652. The Morgan fingerprint density at radius 1 is 1.35 bits per heavy atom. The van der Waals surface area contributed by atoms with Gasteiger partial charge in [0.1, 0.15) is 0 Å². The van der Waals surface area contributed by atoms with Gasteiger partial charge in [0.15, 0.2) is 0 Å². The number of imide groups is 1. The Morgan fingerprint density at radius 2 is 2.00 bits per heavy atom. The monoisotopic (exact) mass is 241 g/mol. The van der Waals surface area contributed by atoms with Gasteiger partial charge >= 0.3 is 5.97 Å². The van der Waals surface area contributed by atoms with Crippen molar-refractivity contribution in [1.82, 2.24) is 5.06 Å². The summed E-state index contributed by atoms with van der Waals surface area (Å²) in [5.74, 6) is -1.78. The minimum Gasteiger partial charge on any atom is -0.377 e. The van der Waals surface area contributed by atoms with Crippen molar-refractivity contribution in [2.45, 2.75) is 38.7 Å². The second kappa shape index (κ2) is 4.83. The van der Waals surface area contributed by atoms with Crippen LogP contribution in [0, 0.1) is 5.92 Å². The molecular formula is C11H15NO5. The Bertz CT molecular complexity index is 338. The number of hydrogen-bond donors (Lipinski definition) is 0. The van der Waals surface area contributed by atoms with Crippen molar-refractivity contribution in [3.63, 3.8) is 0 Å². The molecule has 0 aromatic carbocycles. The second-order valence-electron chi connectivity index (χ2n) is 4.24. The van der Waals surface area contributed by atoms with Gasteiger partial charge < -0.3 is 9.57 Å². The number of hydrogen-bond acceptors (Lipinski definition) is 5. The summed E-state index contributed by atoms with van der Waals surface area (Å²) in [4.78, 5) is 38.8. The van der Waals surface area contributed by atoms with Crippen LogP contribution >= 0.6 is 0 Å². The Kier molecular flexibility index (Phi) is 3.42. The van der Waals surface area contributed by atoms with E-state index in [4.69, 9.17) is 9.57 Å². The third kappa shape index (κ3) is 2.63. The molecule has 2 aliphatic rings. The van der Waals surface area contributed by atoms with E-state index in [1.54, 1.807) is 0 Å². The van der Waals surface area contributed by atoms with Crippen molar-refractivity contribution in [3.05, 3.63) is 0 Å². The van der Waals surface area contributed by atoms with Crippen molar-refractivity contribution < 1.29 is 24.0 Å². The summed E-state index contributed by atoms with van der Waals surface area (Å²) in [6.07, 6.45) is 1.62. The van der Waals surface area contributed by atoms with E-state index < -0.39 is 17.8 Å². The van der Waals surface area contributed by atoms with E-state index in [-0.39, 0.29) is 24.9 Å². The highest BCUT2D eigenvalue weighted by Crippen LogP contribution is 2.35. The average Bonchev–Trinajstić information content (AvgIpc) is 3.03. The van der Waals surface area contributed by atoms with Crippen LogP contribution in [0.25, 0.3) is 0 Å². The van der Waals surface area contributed by atoms with E-state index in [9.17, 15) is 14.4 Å². The van der Waals surface area contributed by atoms with E-state index in [1.807, 2.05) is 6.92 Å². The fraction of sp³-hybridized carbons (Fsp3) is 0.727. The lowest BCUT2D eigenvalue weighted by Gasteiger charge is -2.12. The van der Waals surface area contributed by atoms with Crippen molar-refractivity contribution in [1.29, 1.82) is 0 Å². The van der Waals surface area contributed by atoms with Gasteiger partial charge in [-0.25, -0.2) is 4.79 Å². The van der Waals surface area contributed by atoms with E-state index in [0.29, 0.717) is 18.1 Å². The molecule has 0 bridgehead atoms. The molecule has 0 aromatic heterocycles. The SMILES string of the molecule is CCCO[C@@H]1C[C@H]1C(=O)ON1C(=O)CCC1=O. The van der Waals surface area contributed by atoms with Crippen LogP contribution in [0.4, 0.5) is 0 Å². The fourth-order valence-corrected chi connectivity index (χ4v) is 1.69. The number of rotatable bonds is 5. The maximum atomic E-state index is 11.6. The first-order valence-corrected chi connectivity index (χ1v) is 5.82. The molecule has 0 N–H and O–H groups in total. The molecule has 6 heteroatoms. The number of carbonyl (C=O) groups excluding carboxylic acids is 3. The van der Waals surface area contributed by atoms with Crippen LogP contribution in [0.1, 0.15) is 32.6 Å². The average molecular weight is 241 g/mol. The maximum Gasteiger partial charge on any atom is 0.338 e. The molecule has 2 atom stereocenters. The van der Waals surface area contributed by atoms with Crippen molar-refractivity contribution in [2.24, 2.45) is 5.92 Å². The Hall–Kier alpha value is -1.43. The zero-order valence-electron chi connectivity index (χ0n) is 9.68. The van der Waals surface area contributed by atoms with Crippen molar-refractivity contribution >= 4 is 17.8 Å². The summed E-state index contributed by atoms with van der Waals surface area (Å²) in [5.41, 5.74) is 0. The Labute approximate surface area is 98.8 Å². The summed E-state index contributed by atoms with van der Waals surface area (Å²) in [7, 11) is 0. The van der Waals surface area contributed by atoms with Gasteiger partial charge in [-0.1, -0.05) is 6.92 Å². The number of ether oxygens (including phenoxy) is 1. The first-order valence-electron chi connectivity index (χ1n) is 5.82. The van der Waals surface area contributed by atoms with E-state index in [2.05, 4.69) is 0 Å². The first kappa shape index (κ1) is 12.0. The van der Waals surface area contributed by atoms with E-state index in [0.717, 1.165) is 6.42 Å². The molecule has 1 aliphatic heterocycles. The van der Waals surface area contributed by atoms with Crippen LogP contribution < -0.4 is 0 Å². The van der Waals surface area contributed by atoms with Crippen LogP contribution in [0.3, 0.4) is 0 Å². The Morgan fingerprint density at radius 3 is 2.59 bits per heavy atom. The highest BCUT2D eigenvalue weighted by molar-refractivity contribution is 6.01. The van der Waals surface area contributed by atoms with Gasteiger partial charge in [0.05, 0.1) is 12.0 Å². The first-order chi connectivity index (χ1) is 8.13. The minimum absolute atomic E-state index is 0.116. The number of hydroxylamine groups is 2. The Balaban J connectivity index is 1.79. The summed E-state index contributed by atoms with van der Waals surface area (Å²) < 4.78 is 5.36. The predicted octanol–water partition coefficient (Wildman–Crippen LogP) is 0.409. The lowest BCUT2D eigenvalue weighted by Crippen LogP contribution is -2.33. The van der Waals surface area contributed by atoms with Crippen LogP contribution in [0.15, 0.2) is 0 Å². The van der Waals surface area contributed by atoms with Gasteiger partial charge in [0.25, 0.3) is 11.8 Å².